The maximum absolute atomic E-state index is 12.0. The van der Waals surface area contributed by atoms with E-state index in [2.05, 4.69) is 35.1 Å². The van der Waals surface area contributed by atoms with Gasteiger partial charge in [0.05, 0.1) is 12.7 Å². The number of halogens is 1. The average Bonchev–Trinajstić information content (AvgIpc) is 2.36. The fourth-order valence-electron chi connectivity index (χ4n) is 1.59. The highest BCUT2D eigenvalue weighted by Crippen LogP contribution is 2.24. The normalized spacial score (nSPS) is 11.2. The molecule has 5 heteroatoms. The summed E-state index contributed by atoms with van der Waals surface area (Å²) in [7, 11) is 1.51. The molecule has 1 aromatic carbocycles. The molecule has 0 bridgehead atoms. The molecule has 0 aliphatic heterocycles. The fourth-order valence-corrected chi connectivity index (χ4v) is 2.66. The van der Waals surface area contributed by atoms with Crippen molar-refractivity contribution in [3.63, 3.8) is 0 Å². The van der Waals surface area contributed by atoms with Crippen LogP contribution < -0.4 is 10.1 Å². The highest BCUT2D eigenvalue weighted by Gasteiger charge is 2.19. The number of phenolic OH excluding ortho intramolecular Hbond substituents is 1. The van der Waals surface area contributed by atoms with Crippen molar-refractivity contribution in [1.29, 1.82) is 0 Å². The molecule has 0 saturated carbocycles. The van der Waals surface area contributed by atoms with Crippen LogP contribution in [-0.2, 0) is 0 Å². The van der Waals surface area contributed by atoms with Crippen LogP contribution in [0.3, 0.4) is 0 Å². The number of carbonyl (C=O) groups excluding carboxylic acids is 1. The van der Waals surface area contributed by atoms with Crippen LogP contribution in [0.5, 0.6) is 11.5 Å². The van der Waals surface area contributed by atoms with Gasteiger partial charge in [-0.15, -0.1) is 0 Å². The molecule has 1 amide bonds. The number of hydrogen-bond donors (Lipinski definition) is 2. The lowest BCUT2D eigenvalue weighted by atomic mass is 9.90. The van der Waals surface area contributed by atoms with Gasteiger partial charge in [0.15, 0.2) is 0 Å². The van der Waals surface area contributed by atoms with Gasteiger partial charge in [0.1, 0.15) is 11.5 Å². The highest BCUT2D eigenvalue weighted by molar-refractivity contribution is 9.09. The molecule has 2 N–H and O–H groups in total. The maximum atomic E-state index is 12.0. The van der Waals surface area contributed by atoms with Crippen molar-refractivity contribution in [2.45, 2.75) is 20.3 Å². The van der Waals surface area contributed by atoms with Crippen LogP contribution in [0.25, 0.3) is 0 Å². The van der Waals surface area contributed by atoms with Crippen molar-refractivity contribution in [3.8, 4) is 11.5 Å². The van der Waals surface area contributed by atoms with E-state index < -0.39 is 0 Å². The Morgan fingerprint density at radius 2 is 2.16 bits per heavy atom. The van der Waals surface area contributed by atoms with Crippen molar-refractivity contribution in [2.24, 2.45) is 5.41 Å². The van der Waals surface area contributed by atoms with Crippen LogP contribution in [0.2, 0.25) is 0 Å². The Labute approximate surface area is 122 Å². The van der Waals surface area contributed by atoms with E-state index in [4.69, 9.17) is 4.74 Å². The average molecular weight is 330 g/mol. The van der Waals surface area contributed by atoms with Crippen molar-refractivity contribution in [1.82, 2.24) is 5.32 Å². The summed E-state index contributed by atoms with van der Waals surface area (Å²) in [6.45, 7) is 4.73. The minimum absolute atomic E-state index is 0.0151. The minimum Gasteiger partial charge on any atom is -0.507 e. The van der Waals surface area contributed by atoms with Gasteiger partial charge in [-0.25, -0.2) is 0 Å². The number of nitrogens with one attached hydrogen (secondary N) is 1. The SMILES string of the molecule is COc1ccc(C(=O)NCC(C)(C)CCBr)c(O)c1. The highest BCUT2D eigenvalue weighted by atomic mass is 79.9. The van der Waals surface area contributed by atoms with Crippen molar-refractivity contribution in [2.75, 3.05) is 19.0 Å². The van der Waals surface area contributed by atoms with Gasteiger partial charge in [-0.2, -0.15) is 0 Å². The van der Waals surface area contributed by atoms with E-state index in [0.717, 1.165) is 11.8 Å². The number of rotatable bonds is 6. The Hall–Kier alpha value is -1.23. The Bertz CT molecular complexity index is 446. The molecule has 0 heterocycles. The summed E-state index contributed by atoms with van der Waals surface area (Å²) in [5, 5.41) is 13.5. The smallest absolute Gasteiger partial charge is 0.255 e. The lowest BCUT2D eigenvalue weighted by molar-refractivity contribution is 0.0933. The number of carbonyl (C=O) groups is 1. The molecule has 19 heavy (non-hydrogen) atoms. The van der Waals surface area contributed by atoms with Gasteiger partial charge in [0, 0.05) is 17.9 Å². The zero-order chi connectivity index (χ0) is 14.5. The molecule has 1 rings (SSSR count). The summed E-state index contributed by atoms with van der Waals surface area (Å²) >= 11 is 3.40. The molecule has 0 atom stereocenters. The predicted molar refractivity (Wildman–Crippen MR) is 79.2 cm³/mol. The lowest BCUT2D eigenvalue weighted by Gasteiger charge is -2.24. The zero-order valence-corrected chi connectivity index (χ0v) is 13.1. The quantitative estimate of drug-likeness (QED) is 0.789. The molecule has 0 radical (unpaired) electrons. The van der Waals surface area contributed by atoms with Crippen LogP contribution in [0.15, 0.2) is 18.2 Å². The number of ether oxygens (including phenoxy) is 1. The number of benzene rings is 1. The van der Waals surface area contributed by atoms with Gasteiger partial charge in [0.2, 0.25) is 0 Å². The van der Waals surface area contributed by atoms with Crippen molar-refractivity contribution in [3.05, 3.63) is 23.8 Å². The second-order valence-electron chi connectivity index (χ2n) is 5.17. The molecule has 0 aliphatic carbocycles. The lowest BCUT2D eigenvalue weighted by Crippen LogP contribution is -2.34. The Morgan fingerprint density at radius 1 is 1.47 bits per heavy atom. The molecule has 4 nitrogen and oxygen atoms in total. The standard InChI is InChI=1S/C14H20BrNO3/c1-14(2,6-7-15)9-16-13(18)11-5-4-10(19-3)8-12(11)17/h4-5,8,17H,6-7,9H2,1-3H3,(H,16,18). The van der Waals surface area contributed by atoms with Crippen LogP contribution in [0, 0.1) is 5.41 Å². The summed E-state index contributed by atoms with van der Waals surface area (Å²) in [4.78, 5) is 12.0. The van der Waals surface area contributed by atoms with E-state index in [1.165, 1.54) is 13.2 Å². The van der Waals surface area contributed by atoms with E-state index in [1.807, 2.05) is 0 Å². The van der Waals surface area contributed by atoms with Gasteiger partial charge >= 0.3 is 0 Å². The molecule has 0 aromatic heterocycles. The number of aromatic hydroxyl groups is 1. The molecule has 0 fully saturated rings. The number of hydrogen-bond acceptors (Lipinski definition) is 3. The predicted octanol–water partition coefficient (Wildman–Crippen LogP) is 2.94. The van der Waals surface area contributed by atoms with E-state index in [-0.39, 0.29) is 22.6 Å². The Morgan fingerprint density at radius 3 is 2.68 bits per heavy atom. The van der Waals surface area contributed by atoms with Crippen LogP contribution in [0.4, 0.5) is 0 Å². The van der Waals surface area contributed by atoms with E-state index in [9.17, 15) is 9.90 Å². The van der Waals surface area contributed by atoms with Crippen LogP contribution in [-0.4, -0.2) is 30.0 Å². The van der Waals surface area contributed by atoms with Gasteiger partial charge in [-0.05, 0) is 24.0 Å². The van der Waals surface area contributed by atoms with Crippen molar-refractivity contribution >= 4 is 21.8 Å². The van der Waals surface area contributed by atoms with E-state index in [0.29, 0.717) is 12.3 Å². The van der Waals surface area contributed by atoms with Gasteiger partial charge in [0.25, 0.3) is 5.91 Å². The van der Waals surface area contributed by atoms with Crippen molar-refractivity contribution < 1.29 is 14.6 Å². The second kappa shape index (κ2) is 6.80. The Kier molecular flexibility index (Phi) is 5.66. The summed E-state index contributed by atoms with van der Waals surface area (Å²) in [6.07, 6.45) is 0.960. The third-order valence-electron chi connectivity index (χ3n) is 2.95. The largest absolute Gasteiger partial charge is 0.507 e. The molecule has 1 aromatic rings. The molecule has 106 valence electrons. The third kappa shape index (κ3) is 4.74. The summed E-state index contributed by atoms with van der Waals surface area (Å²) in [5.41, 5.74) is 0.275. The van der Waals surface area contributed by atoms with Gasteiger partial charge in [-0.3, -0.25) is 4.79 Å². The third-order valence-corrected chi connectivity index (χ3v) is 3.34. The molecule has 0 saturated heterocycles. The first-order chi connectivity index (χ1) is 8.89. The molecule has 0 spiro atoms. The molecular formula is C14H20BrNO3. The molecular weight excluding hydrogens is 310 g/mol. The first-order valence-corrected chi connectivity index (χ1v) is 7.23. The minimum atomic E-state index is -0.275. The molecule has 0 unspecified atom stereocenters. The van der Waals surface area contributed by atoms with Gasteiger partial charge < -0.3 is 15.2 Å². The fraction of sp³-hybridized carbons (Fsp3) is 0.500. The first-order valence-electron chi connectivity index (χ1n) is 6.11. The summed E-state index contributed by atoms with van der Waals surface area (Å²) in [5.74, 6) is 0.173. The number of phenols is 1. The maximum Gasteiger partial charge on any atom is 0.255 e. The molecule has 0 aliphatic rings. The monoisotopic (exact) mass is 329 g/mol. The topological polar surface area (TPSA) is 58.6 Å². The summed E-state index contributed by atoms with van der Waals surface area (Å²) < 4.78 is 4.98. The second-order valence-corrected chi connectivity index (χ2v) is 5.96. The number of alkyl halides is 1. The number of amides is 1. The van der Waals surface area contributed by atoms with Gasteiger partial charge in [-0.1, -0.05) is 29.8 Å². The first kappa shape index (κ1) is 15.8. The zero-order valence-electron chi connectivity index (χ0n) is 11.5. The summed E-state index contributed by atoms with van der Waals surface area (Å²) in [6, 6.07) is 4.64. The van der Waals surface area contributed by atoms with E-state index in [1.54, 1.807) is 12.1 Å². The number of methoxy groups -OCH3 is 1. The Balaban J connectivity index is 2.68. The van der Waals surface area contributed by atoms with Crippen LogP contribution >= 0.6 is 15.9 Å². The van der Waals surface area contributed by atoms with E-state index >= 15 is 0 Å². The van der Waals surface area contributed by atoms with Crippen LogP contribution in [0.1, 0.15) is 30.6 Å².